The minimum atomic E-state index is -0.0271. The van der Waals surface area contributed by atoms with Gasteiger partial charge >= 0.3 is 55.4 Å². The van der Waals surface area contributed by atoms with Crippen LogP contribution in [0.4, 0.5) is 0 Å². The number of likely N-dealkylation sites (N-methyl/N-ethyl adjacent to an activating group) is 1. The van der Waals surface area contributed by atoms with E-state index in [9.17, 15) is 4.57 Å². The second kappa shape index (κ2) is 6.06. The average Bonchev–Trinajstić information content (AvgIpc) is 1.85. The summed E-state index contributed by atoms with van der Waals surface area (Å²) in [6.07, 6.45) is 0. The number of hydrogen-bond donors (Lipinski definition) is 1. The predicted molar refractivity (Wildman–Crippen MR) is 38.0 cm³/mol. The van der Waals surface area contributed by atoms with E-state index in [-0.39, 0.29) is 7.92 Å². The van der Waals surface area contributed by atoms with E-state index >= 15 is 0 Å². The topological polar surface area (TPSA) is 46.3 Å². The van der Waals surface area contributed by atoms with E-state index < -0.39 is 0 Å². The first-order chi connectivity index (χ1) is 4.31. The van der Waals surface area contributed by atoms with Gasteiger partial charge in [0, 0.05) is 0 Å². The third-order valence-electron chi connectivity index (χ3n) is 0.916. The molecule has 0 saturated carbocycles. The molecule has 0 aromatic heterocycles. The van der Waals surface area contributed by atoms with Crippen LogP contribution >= 0.6 is 7.92 Å². The second-order valence-electron chi connectivity index (χ2n) is 1.78. The van der Waals surface area contributed by atoms with Gasteiger partial charge in [0.05, 0.1) is 0 Å². The van der Waals surface area contributed by atoms with Gasteiger partial charge in [0.25, 0.3) is 0 Å². The molecular weight excluding hydrogens is 135 g/mol. The van der Waals surface area contributed by atoms with Crippen molar-refractivity contribution in [1.29, 1.82) is 0 Å². The Hall–Kier alpha value is -0.0700. The molecule has 0 saturated heterocycles. The molecule has 0 rings (SSSR count). The first-order valence-corrected chi connectivity index (χ1v) is 3.56. The molecular formula is C5H11N2OP. The Labute approximate surface area is 56.3 Å². The summed E-state index contributed by atoms with van der Waals surface area (Å²) >= 11 is 0. The van der Waals surface area contributed by atoms with Crippen LogP contribution in [0.3, 0.4) is 0 Å². The molecule has 9 heavy (non-hydrogen) atoms. The van der Waals surface area contributed by atoms with Crippen LogP contribution in [-0.2, 0) is 4.57 Å². The summed E-state index contributed by atoms with van der Waals surface area (Å²) < 4.78 is 9.84. The Morgan fingerprint density at radius 2 is 2.44 bits per heavy atom. The second-order valence-corrected chi connectivity index (χ2v) is 2.27. The summed E-state index contributed by atoms with van der Waals surface area (Å²) in [5, 5.41) is 0. The zero-order valence-corrected chi connectivity index (χ0v) is 6.40. The van der Waals surface area contributed by atoms with Gasteiger partial charge in [0.2, 0.25) is 0 Å². The molecule has 0 aromatic rings. The molecule has 0 aliphatic rings. The summed E-state index contributed by atoms with van der Waals surface area (Å²) in [5.41, 5.74) is 7.87. The van der Waals surface area contributed by atoms with Crippen LogP contribution in [0.15, 0.2) is 0 Å². The third-order valence-corrected chi connectivity index (χ3v) is 1.19. The quantitative estimate of drug-likeness (QED) is 0.575. The molecule has 4 heteroatoms. The van der Waals surface area contributed by atoms with Crippen LogP contribution < -0.4 is 5.73 Å². The normalized spacial score (nSPS) is 9.22. The van der Waals surface area contributed by atoms with Crippen LogP contribution in [0.25, 0.3) is 0 Å². The van der Waals surface area contributed by atoms with Crippen molar-refractivity contribution < 1.29 is 4.57 Å². The van der Waals surface area contributed by atoms with Gasteiger partial charge in [-0.05, 0) is 0 Å². The third kappa shape index (κ3) is 5.81. The summed E-state index contributed by atoms with van der Waals surface area (Å²) in [5.74, 6) is 0. The fourth-order valence-electron chi connectivity index (χ4n) is 0.449. The molecule has 0 heterocycles. The van der Waals surface area contributed by atoms with E-state index in [4.69, 9.17) is 5.73 Å². The van der Waals surface area contributed by atoms with Crippen LogP contribution in [0.2, 0.25) is 0 Å². The molecule has 0 aliphatic carbocycles. The molecule has 0 spiro atoms. The van der Waals surface area contributed by atoms with E-state index in [0.29, 0.717) is 13.1 Å². The average molecular weight is 146 g/mol. The summed E-state index contributed by atoms with van der Waals surface area (Å²) in [6, 6.07) is 0. The standard InChI is InChI=1S/C5H11N2OP/c1-7(3-2-6)4-5-9-8/h2-4,6H2,1H3. The van der Waals surface area contributed by atoms with Crippen molar-refractivity contribution >= 4 is 7.92 Å². The molecule has 3 nitrogen and oxygen atoms in total. The van der Waals surface area contributed by atoms with Gasteiger partial charge in [0.15, 0.2) is 0 Å². The zero-order chi connectivity index (χ0) is 7.11. The fourth-order valence-corrected chi connectivity index (χ4v) is 0.748. The Bertz CT molecular complexity index is 151. The van der Waals surface area contributed by atoms with Crippen molar-refractivity contribution in [3.63, 3.8) is 0 Å². The van der Waals surface area contributed by atoms with Crippen molar-refractivity contribution in [3.8, 4) is 5.63 Å². The molecule has 52 valence electrons. The van der Waals surface area contributed by atoms with Crippen LogP contribution in [0.5, 0.6) is 0 Å². The number of nitrogens with two attached hydrogens (primary N) is 1. The molecule has 0 atom stereocenters. The summed E-state index contributed by atoms with van der Waals surface area (Å²) in [4.78, 5) is 1.95. The van der Waals surface area contributed by atoms with E-state index in [0.717, 1.165) is 6.54 Å². The van der Waals surface area contributed by atoms with Crippen molar-refractivity contribution in [2.24, 2.45) is 5.73 Å². The van der Waals surface area contributed by atoms with Crippen LogP contribution in [0, 0.1) is 5.63 Å². The van der Waals surface area contributed by atoms with Crippen molar-refractivity contribution in [2.75, 3.05) is 26.7 Å². The SMILES string of the molecule is CN(CC#P=O)CCN. The van der Waals surface area contributed by atoms with Crippen LogP contribution in [-0.4, -0.2) is 31.6 Å². The number of rotatable bonds is 3. The zero-order valence-electron chi connectivity index (χ0n) is 5.50. The van der Waals surface area contributed by atoms with Gasteiger partial charge < -0.3 is 0 Å². The van der Waals surface area contributed by atoms with Gasteiger partial charge in [-0.1, -0.05) is 0 Å². The van der Waals surface area contributed by atoms with E-state index in [1.54, 1.807) is 0 Å². The van der Waals surface area contributed by atoms with Crippen molar-refractivity contribution in [2.45, 2.75) is 0 Å². The predicted octanol–water partition coefficient (Wildman–Crippen LogP) is 0.128. The summed E-state index contributed by atoms with van der Waals surface area (Å²) in [6.45, 7) is 2.07. The van der Waals surface area contributed by atoms with Gasteiger partial charge in [-0.25, -0.2) is 0 Å². The van der Waals surface area contributed by atoms with Crippen LogP contribution in [0.1, 0.15) is 0 Å². The van der Waals surface area contributed by atoms with E-state index in [2.05, 4.69) is 5.63 Å². The molecule has 0 aliphatic heterocycles. The number of nitrogens with zero attached hydrogens (tertiary/aromatic N) is 1. The Balaban J connectivity index is 3.33. The Morgan fingerprint density at radius 3 is 2.89 bits per heavy atom. The first-order valence-electron chi connectivity index (χ1n) is 2.75. The minimum absolute atomic E-state index is 0.0271. The fraction of sp³-hybridized carbons (Fsp3) is 0.800. The molecule has 0 fully saturated rings. The molecule has 0 amide bonds. The van der Waals surface area contributed by atoms with Gasteiger partial charge in [0.1, 0.15) is 0 Å². The summed E-state index contributed by atoms with van der Waals surface area (Å²) in [7, 11) is 1.88. The maximum atomic E-state index is 9.84. The Kier molecular flexibility index (Phi) is 6.01. The maximum absolute atomic E-state index is 9.84. The van der Waals surface area contributed by atoms with Gasteiger partial charge in [-0.3, -0.25) is 0 Å². The van der Waals surface area contributed by atoms with Crippen molar-refractivity contribution in [3.05, 3.63) is 0 Å². The molecule has 0 unspecified atom stereocenters. The first kappa shape index (κ1) is 8.93. The van der Waals surface area contributed by atoms with Gasteiger partial charge in [-0.15, -0.1) is 0 Å². The van der Waals surface area contributed by atoms with Crippen molar-refractivity contribution in [1.82, 2.24) is 4.90 Å². The van der Waals surface area contributed by atoms with E-state index in [1.165, 1.54) is 0 Å². The molecule has 0 radical (unpaired) electrons. The monoisotopic (exact) mass is 146 g/mol. The molecule has 2 N–H and O–H groups in total. The number of hydrogen-bond acceptors (Lipinski definition) is 3. The van der Waals surface area contributed by atoms with Gasteiger partial charge in [-0.2, -0.15) is 0 Å². The molecule has 0 bridgehead atoms. The Morgan fingerprint density at radius 1 is 1.78 bits per heavy atom. The van der Waals surface area contributed by atoms with E-state index in [1.807, 2.05) is 11.9 Å². The molecule has 0 aromatic carbocycles.